The molecule has 2 aliphatic rings. The fourth-order valence-corrected chi connectivity index (χ4v) is 7.48. The summed E-state index contributed by atoms with van der Waals surface area (Å²) < 4.78 is 55.4. The van der Waals surface area contributed by atoms with Crippen LogP contribution in [0.1, 0.15) is 39.8 Å². The monoisotopic (exact) mass is 875 g/mol. The van der Waals surface area contributed by atoms with Gasteiger partial charge in [0.2, 0.25) is 17.7 Å². The molecule has 2 aliphatic heterocycles. The Morgan fingerprint density at radius 3 is 2.19 bits per heavy atom. The Morgan fingerprint density at radius 1 is 0.966 bits per heavy atom. The lowest BCUT2D eigenvalue weighted by Crippen LogP contribution is -2.66. The molecule has 2 unspecified atom stereocenters. The van der Waals surface area contributed by atoms with Crippen LogP contribution in [-0.4, -0.2) is 140 Å². The number of aliphatic hydroxyl groups excluding tert-OH is 4. The molecule has 0 saturated carbocycles. The first-order valence-corrected chi connectivity index (χ1v) is 19.7. The number of aliphatic hydroxyl groups is 4. The number of phosphoric ester groups is 2. The molecule has 0 aliphatic carbocycles. The van der Waals surface area contributed by atoms with Crippen molar-refractivity contribution in [2.75, 3.05) is 13.2 Å². The van der Waals surface area contributed by atoms with E-state index in [2.05, 4.69) is 19.5 Å². The normalized spacial score (nSPS) is 29.5. The van der Waals surface area contributed by atoms with Crippen molar-refractivity contribution in [3.05, 3.63) is 33.1 Å². The van der Waals surface area contributed by atoms with Gasteiger partial charge in [-0.2, -0.15) is 0 Å². The maximum absolute atomic E-state index is 13.0. The first kappa shape index (κ1) is 48.4. The van der Waals surface area contributed by atoms with Gasteiger partial charge in [-0.15, -0.1) is 0 Å². The van der Waals surface area contributed by atoms with Crippen molar-refractivity contribution < 1.29 is 101 Å². The number of carboxylic acids is 2. The van der Waals surface area contributed by atoms with Crippen molar-refractivity contribution in [3.63, 3.8) is 0 Å². The van der Waals surface area contributed by atoms with Crippen LogP contribution < -0.4 is 47.2 Å². The number of carbonyl (C=O) groups is 5. The molecule has 28 nitrogen and oxygen atoms in total. The molecule has 3 amide bonds. The molecular formula is C28H39N5O23P2-4. The smallest absolute Gasteiger partial charge is 0.330 e. The van der Waals surface area contributed by atoms with Crippen molar-refractivity contribution in [2.45, 2.75) is 107 Å². The van der Waals surface area contributed by atoms with Crippen LogP contribution in [0.15, 0.2) is 21.9 Å². The van der Waals surface area contributed by atoms with E-state index in [-0.39, 0.29) is 0 Å². The fraction of sp³-hybridized carbons (Fsp3) is 0.679. The number of hydrogen-bond acceptors (Lipinski definition) is 23. The highest BCUT2D eigenvalue weighted by Gasteiger charge is 2.50. The van der Waals surface area contributed by atoms with Gasteiger partial charge in [0.25, 0.3) is 21.2 Å². The molecule has 0 radical (unpaired) electrons. The van der Waals surface area contributed by atoms with Crippen LogP contribution >= 0.6 is 15.6 Å². The topological polar surface area (TPSA) is 439 Å². The molecule has 58 heavy (non-hydrogen) atoms. The number of H-pyrrole nitrogens is 1. The highest BCUT2D eigenvalue weighted by atomic mass is 31.3. The van der Waals surface area contributed by atoms with Gasteiger partial charge >= 0.3 is 5.69 Å². The first-order valence-electron chi connectivity index (χ1n) is 16.7. The van der Waals surface area contributed by atoms with Gasteiger partial charge in [0.15, 0.2) is 12.5 Å². The van der Waals surface area contributed by atoms with Crippen LogP contribution in [0.3, 0.4) is 0 Å². The van der Waals surface area contributed by atoms with Gasteiger partial charge in [0.1, 0.15) is 54.8 Å². The minimum atomic E-state index is -6.20. The van der Waals surface area contributed by atoms with E-state index in [0.29, 0.717) is 4.57 Å². The SMILES string of the molecule is CC(=O)N[C@H]1[C@@H](OP(=O)([O-])OP(=O)([O-])OC[C@H]2O[C@@H](n3ccc(=O)[nH]c3=O)[C@H](O)[C@@H]2O)O[C@H](CO)[C@@H](O)[C@@H]1O[C@H](C)C(=O)N[C@@H](C)C(=O)N[C@@H](CCC(=O)[O-])C(=O)[O-]. The number of amides is 3. The number of phosphoric acid groups is 2. The summed E-state index contributed by atoms with van der Waals surface area (Å²) in [5.74, 6) is -6.67. The van der Waals surface area contributed by atoms with E-state index >= 15 is 0 Å². The van der Waals surface area contributed by atoms with Gasteiger partial charge in [0, 0.05) is 25.2 Å². The number of aliphatic carboxylic acids is 2. The summed E-state index contributed by atoms with van der Waals surface area (Å²) in [5.41, 5.74) is -1.89. The molecule has 328 valence electrons. The van der Waals surface area contributed by atoms with Crippen molar-refractivity contribution in [1.82, 2.24) is 25.5 Å². The lowest BCUT2D eigenvalue weighted by atomic mass is 9.96. The van der Waals surface area contributed by atoms with E-state index in [0.717, 1.165) is 33.0 Å². The zero-order chi connectivity index (χ0) is 43.9. The van der Waals surface area contributed by atoms with Gasteiger partial charge in [-0.1, -0.05) is 0 Å². The molecule has 8 N–H and O–H groups in total. The minimum absolute atomic E-state index is 0.616. The van der Waals surface area contributed by atoms with Crippen LogP contribution in [0.4, 0.5) is 0 Å². The summed E-state index contributed by atoms with van der Waals surface area (Å²) >= 11 is 0. The zero-order valence-electron chi connectivity index (χ0n) is 30.3. The average Bonchev–Trinajstić information content (AvgIpc) is 3.39. The Kier molecular flexibility index (Phi) is 16.9. The second kappa shape index (κ2) is 20.3. The Morgan fingerprint density at radius 2 is 1.62 bits per heavy atom. The third kappa shape index (κ3) is 13.3. The number of aromatic nitrogens is 2. The number of nitrogens with zero attached hydrogens (tertiary/aromatic N) is 1. The molecule has 0 spiro atoms. The summed E-state index contributed by atoms with van der Waals surface area (Å²) in [6.07, 6.45) is -17.6. The van der Waals surface area contributed by atoms with Crippen LogP contribution in [0.5, 0.6) is 0 Å². The first-order chi connectivity index (χ1) is 26.9. The van der Waals surface area contributed by atoms with Crippen molar-refractivity contribution in [1.29, 1.82) is 0 Å². The predicted molar refractivity (Wildman–Crippen MR) is 173 cm³/mol. The molecule has 3 heterocycles. The third-order valence-electron chi connectivity index (χ3n) is 8.24. The van der Waals surface area contributed by atoms with E-state index < -0.39 is 156 Å². The molecule has 14 atom stereocenters. The summed E-state index contributed by atoms with van der Waals surface area (Å²) in [4.78, 5) is 110. The Bertz CT molecular complexity index is 1880. The highest BCUT2D eigenvalue weighted by Crippen LogP contribution is 2.57. The lowest BCUT2D eigenvalue weighted by Gasteiger charge is -2.46. The van der Waals surface area contributed by atoms with E-state index in [1.807, 2.05) is 10.3 Å². The number of nitrogens with one attached hydrogen (secondary N) is 4. The van der Waals surface area contributed by atoms with E-state index in [1.165, 1.54) is 0 Å². The van der Waals surface area contributed by atoms with Crippen LogP contribution in [0, 0.1) is 0 Å². The van der Waals surface area contributed by atoms with Crippen molar-refractivity contribution >= 4 is 45.3 Å². The molecule has 2 fully saturated rings. The number of carboxylic acid groups (broad SMARTS) is 2. The molecule has 1 aromatic heterocycles. The van der Waals surface area contributed by atoms with Crippen molar-refractivity contribution in [2.24, 2.45) is 0 Å². The number of aromatic amines is 1. The highest BCUT2D eigenvalue weighted by molar-refractivity contribution is 7.59. The Hall–Kier alpha value is -3.99. The van der Waals surface area contributed by atoms with E-state index in [1.54, 1.807) is 0 Å². The second-order valence-corrected chi connectivity index (χ2v) is 15.6. The molecule has 3 rings (SSSR count). The minimum Gasteiger partial charge on any atom is -0.756 e. The Balaban J connectivity index is 1.71. The van der Waals surface area contributed by atoms with E-state index in [4.69, 9.17) is 18.7 Å². The number of rotatable bonds is 20. The maximum atomic E-state index is 13.0. The summed E-state index contributed by atoms with van der Waals surface area (Å²) in [7, 11) is -12.2. The average molecular weight is 876 g/mol. The van der Waals surface area contributed by atoms with Gasteiger partial charge in [-0.05, 0) is 26.7 Å². The fourth-order valence-electron chi connectivity index (χ4n) is 5.39. The molecule has 2 saturated heterocycles. The van der Waals surface area contributed by atoms with E-state index in [9.17, 15) is 83.1 Å². The third-order valence-corrected chi connectivity index (χ3v) is 10.8. The van der Waals surface area contributed by atoms with Crippen molar-refractivity contribution in [3.8, 4) is 0 Å². The maximum Gasteiger partial charge on any atom is 0.330 e. The molecule has 0 aromatic carbocycles. The standard InChI is InChI=1S/C28H43N5O23P2/c1-10(23(42)31-13(26(44)45)4-5-17(37)38)29-24(43)11(2)52-22-18(30-12(3)35)27(54-14(8-34)20(22)40)55-58(49,50)56-57(47,48)51-9-15-19(39)21(41)25(53-15)33-7-6-16(36)32-28(33)46/h6-7,10-11,13-15,18-22,25,27,34,39-41H,4-5,8-9H2,1-3H3,(H,29,43)(H,30,35)(H,31,42)(H,37,38)(H,44,45)(H,47,48)(H,49,50)(H,32,36,46)/p-4/t10-,11+,13-,14+,15+,18+,19+,20+,21+,22+,25+,27+/m0/s1. The number of carbonyl (C=O) groups excluding carboxylic acids is 5. The summed E-state index contributed by atoms with van der Waals surface area (Å²) in [5, 5.41) is 69.6. The quantitative estimate of drug-likeness (QED) is 0.0564. The number of hydrogen-bond donors (Lipinski definition) is 8. The Labute approximate surface area is 325 Å². The lowest BCUT2D eigenvalue weighted by molar-refractivity contribution is -0.310. The molecule has 1 aromatic rings. The van der Waals surface area contributed by atoms with Gasteiger partial charge in [0.05, 0.1) is 25.2 Å². The van der Waals surface area contributed by atoms with Gasteiger partial charge in [-0.3, -0.25) is 42.4 Å². The molecule has 0 bridgehead atoms. The van der Waals surface area contributed by atoms with Crippen LogP contribution in [0.25, 0.3) is 0 Å². The second-order valence-electron chi connectivity index (χ2n) is 12.6. The summed E-state index contributed by atoms with van der Waals surface area (Å²) in [6, 6.07) is -4.38. The van der Waals surface area contributed by atoms with Crippen LogP contribution in [0.2, 0.25) is 0 Å². The zero-order valence-corrected chi connectivity index (χ0v) is 32.1. The predicted octanol–water partition coefficient (Wildman–Crippen LogP) is -9.23. The van der Waals surface area contributed by atoms with Crippen LogP contribution in [-0.2, 0) is 60.7 Å². The molecular weight excluding hydrogens is 836 g/mol. The number of ether oxygens (including phenoxy) is 3. The van der Waals surface area contributed by atoms with Gasteiger partial charge in [-0.25, -0.2) is 9.11 Å². The molecule has 30 heteroatoms. The van der Waals surface area contributed by atoms with Gasteiger partial charge < -0.3 is 84.7 Å². The summed E-state index contributed by atoms with van der Waals surface area (Å²) in [6.45, 7) is 0.695. The largest absolute Gasteiger partial charge is 0.756 e.